The van der Waals surface area contributed by atoms with Crippen LogP contribution < -0.4 is 4.74 Å². The Morgan fingerprint density at radius 1 is 0.925 bits per heavy atom. The lowest BCUT2D eigenvalue weighted by molar-refractivity contribution is -0.137. The van der Waals surface area contributed by atoms with E-state index in [0.717, 1.165) is 23.5 Å². The number of aliphatic hydroxyl groups is 1. The Bertz CT molecular complexity index is 1700. The molecule has 0 spiro atoms. The Balaban J connectivity index is 1.68. The first-order chi connectivity index (χ1) is 18.9. The predicted octanol–water partition coefficient (Wildman–Crippen LogP) is 5.93. The third kappa shape index (κ3) is 4.89. The maximum atomic E-state index is 13.0. The Hall–Kier alpha value is -4.02. The summed E-state index contributed by atoms with van der Waals surface area (Å²) in [5, 5.41) is 21.2. The first kappa shape index (κ1) is 27.5. The number of nitrogens with zero attached hydrogens (tertiary/aromatic N) is 5. The normalized spacial score (nSPS) is 13.4. The lowest BCUT2D eigenvalue weighted by Crippen LogP contribution is -2.32. The minimum absolute atomic E-state index is 0.186. The summed E-state index contributed by atoms with van der Waals surface area (Å²) in [5.41, 5.74) is 2.19. The molecule has 0 saturated heterocycles. The molecule has 0 amide bonds. The SMILES string of the molecule is COc1nc2ccc(C(O)(c3cc(C)nc(C)c3)c3cnnn3C)cc2c(Cl)c1Cc1ccc(C(F)(F)F)cc1. The highest BCUT2D eigenvalue weighted by Crippen LogP contribution is 2.41. The zero-order chi connectivity index (χ0) is 28.8. The van der Waals surface area contributed by atoms with E-state index in [2.05, 4.69) is 20.3 Å². The molecule has 40 heavy (non-hydrogen) atoms. The Kier molecular flexibility index (Phi) is 7.01. The fraction of sp³-hybridized carbons (Fsp3) is 0.241. The number of methoxy groups -OCH3 is 1. The fourth-order valence-electron chi connectivity index (χ4n) is 4.93. The maximum Gasteiger partial charge on any atom is 0.416 e. The number of aromatic nitrogens is 5. The van der Waals surface area contributed by atoms with Crippen molar-refractivity contribution >= 4 is 22.5 Å². The lowest BCUT2D eigenvalue weighted by atomic mass is 9.82. The van der Waals surface area contributed by atoms with Crippen LogP contribution in [0.2, 0.25) is 5.02 Å². The van der Waals surface area contributed by atoms with Crippen molar-refractivity contribution in [2.24, 2.45) is 7.05 Å². The van der Waals surface area contributed by atoms with Crippen LogP contribution in [0.5, 0.6) is 5.88 Å². The third-order valence-corrected chi connectivity index (χ3v) is 7.27. The molecule has 1 unspecified atom stereocenters. The van der Waals surface area contributed by atoms with E-state index < -0.39 is 17.3 Å². The van der Waals surface area contributed by atoms with Gasteiger partial charge in [-0.15, -0.1) is 5.10 Å². The number of benzene rings is 2. The summed E-state index contributed by atoms with van der Waals surface area (Å²) in [5.74, 6) is 0.261. The third-order valence-electron chi connectivity index (χ3n) is 6.84. The molecule has 3 heterocycles. The monoisotopic (exact) mass is 567 g/mol. The second-order valence-electron chi connectivity index (χ2n) is 9.61. The molecular formula is C29H25ClF3N5O2. The standard InChI is InChI=1S/C29H25ClF3N5O2/c1-16-11-21(12-17(2)35-16)28(39,25-15-34-37-38(25)3)20-9-10-24-22(14-20)26(30)23(27(36-24)40-4)13-18-5-7-19(8-6-18)29(31,32)33/h5-12,14-15,39H,13H2,1-4H3. The van der Waals surface area contributed by atoms with Crippen LogP contribution in [0.1, 0.15) is 44.9 Å². The molecule has 1 N–H and O–H groups in total. The molecule has 0 saturated carbocycles. The number of hydrogen-bond acceptors (Lipinski definition) is 6. The number of ether oxygens (including phenoxy) is 1. The molecule has 206 valence electrons. The van der Waals surface area contributed by atoms with Crippen molar-refractivity contribution in [1.82, 2.24) is 25.0 Å². The molecule has 7 nitrogen and oxygen atoms in total. The van der Waals surface area contributed by atoms with E-state index in [4.69, 9.17) is 16.3 Å². The highest BCUT2D eigenvalue weighted by molar-refractivity contribution is 6.36. The van der Waals surface area contributed by atoms with Crippen molar-refractivity contribution in [3.8, 4) is 5.88 Å². The first-order valence-corrected chi connectivity index (χ1v) is 12.7. The lowest BCUT2D eigenvalue weighted by Gasteiger charge is -2.30. The summed E-state index contributed by atoms with van der Waals surface area (Å²) in [6.07, 6.45) is -2.74. The van der Waals surface area contributed by atoms with Gasteiger partial charge in [-0.1, -0.05) is 35.0 Å². The smallest absolute Gasteiger partial charge is 0.416 e. The fourth-order valence-corrected chi connectivity index (χ4v) is 5.23. The molecule has 3 aromatic heterocycles. The zero-order valence-electron chi connectivity index (χ0n) is 22.1. The first-order valence-electron chi connectivity index (χ1n) is 12.3. The predicted molar refractivity (Wildman–Crippen MR) is 144 cm³/mol. The van der Waals surface area contributed by atoms with Gasteiger partial charge in [-0.3, -0.25) is 4.98 Å². The van der Waals surface area contributed by atoms with Crippen LogP contribution in [-0.2, 0) is 25.2 Å². The maximum absolute atomic E-state index is 13.0. The molecule has 0 fully saturated rings. The van der Waals surface area contributed by atoms with E-state index in [0.29, 0.717) is 43.9 Å². The summed E-state index contributed by atoms with van der Waals surface area (Å²) >= 11 is 6.93. The van der Waals surface area contributed by atoms with Gasteiger partial charge >= 0.3 is 6.18 Å². The van der Waals surface area contributed by atoms with Crippen LogP contribution >= 0.6 is 11.6 Å². The van der Waals surface area contributed by atoms with Crippen LogP contribution in [0.4, 0.5) is 13.2 Å². The molecule has 5 rings (SSSR count). The minimum atomic E-state index is -4.43. The molecule has 1 atom stereocenters. The van der Waals surface area contributed by atoms with Crippen molar-refractivity contribution in [3.05, 3.63) is 111 Å². The van der Waals surface area contributed by atoms with Crippen molar-refractivity contribution < 1.29 is 23.0 Å². The van der Waals surface area contributed by atoms with E-state index in [9.17, 15) is 18.3 Å². The van der Waals surface area contributed by atoms with Gasteiger partial charge < -0.3 is 9.84 Å². The molecule has 2 aromatic carbocycles. The number of fused-ring (bicyclic) bond motifs is 1. The van der Waals surface area contributed by atoms with E-state index in [1.807, 2.05) is 13.8 Å². The van der Waals surface area contributed by atoms with E-state index in [-0.39, 0.29) is 12.3 Å². The van der Waals surface area contributed by atoms with Gasteiger partial charge in [-0.05, 0) is 66.9 Å². The van der Waals surface area contributed by atoms with Gasteiger partial charge in [-0.25, -0.2) is 9.67 Å². The molecule has 0 bridgehead atoms. The molecular weight excluding hydrogens is 543 g/mol. The molecule has 0 aliphatic rings. The minimum Gasteiger partial charge on any atom is -0.481 e. The van der Waals surface area contributed by atoms with Gasteiger partial charge in [0.05, 0.1) is 35.1 Å². The number of hydrogen-bond donors (Lipinski definition) is 1. The summed E-state index contributed by atoms with van der Waals surface area (Å²) < 4.78 is 46.1. The summed E-state index contributed by atoms with van der Waals surface area (Å²) in [6, 6.07) is 13.7. The number of pyridine rings is 2. The zero-order valence-corrected chi connectivity index (χ0v) is 22.8. The van der Waals surface area contributed by atoms with Gasteiger partial charge in [0.2, 0.25) is 5.88 Å². The number of halogens is 4. The average Bonchev–Trinajstić information content (AvgIpc) is 3.35. The highest BCUT2D eigenvalue weighted by Gasteiger charge is 2.38. The Morgan fingerprint density at radius 2 is 1.57 bits per heavy atom. The van der Waals surface area contributed by atoms with Crippen LogP contribution in [0.3, 0.4) is 0 Å². The van der Waals surface area contributed by atoms with Gasteiger partial charge in [0.15, 0.2) is 5.60 Å². The van der Waals surface area contributed by atoms with Crippen LogP contribution in [-0.4, -0.2) is 37.2 Å². The summed E-state index contributed by atoms with van der Waals surface area (Å²) in [6.45, 7) is 3.69. The molecule has 0 aliphatic carbocycles. The van der Waals surface area contributed by atoms with Crippen molar-refractivity contribution in [3.63, 3.8) is 0 Å². The highest BCUT2D eigenvalue weighted by atomic mass is 35.5. The molecule has 0 aliphatic heterocycles. The Labute approximate surface area is 233 Å². The van der Waals surface area contributed by atoms with E-state index in [1.165, 1.54) is 30.1 Å². The number of rotatable bonds is 6. The molecule has 0 radical (unpaired) electrons. The van der Waals surface area contributed by atoms with Gasteiger partial charge in [0.25, 0.3) is 0 Å². The van der Waals surface area contributed by atoms with Crippen LogP contribution in [0.25, 0.3) is 10.9 Å². The van der Waals surface area contributed by atoms with Crippen LogP contribution in [0.15, 0.2) is 60.8 Å². The van der Waals surface area contributed by atoms with Gasteiger partial charge in [0, 0.05) is 35.8 Å². The second kappa shape index (κ2) is 10.2. The largest absolute Gasteiger partial charge is 0.481 e. The quantitative estimate of drug-likeness (QED) is 0.274. The topological polar surface area (TPSA) is 85.9 Å². The van der Waals surface area contributed by atoms with Crippen LogP contribution in [0, 0.1) is 13.8 Å². The molecule has 11 heteroatoms. The Morgan fingerprint density at radius 3 is 2.15 bits per heavy atom. The number of alkyl halides is 3. The van der Waals surface area contributed by atoms with Crippen molar-refractivity contribution in [2.75, 3.05) is 7.11 Å². The van der Waals surface area contributed by atoms with Gasteiger partial charge in [-0.2, -0.15) is 13.2 Å². The van der Waals surface area contributed by atoms with E-state index >= 15 is 0 Å². The average molecular weight is 568 g/mol. The molecule has 5 aromatic rings. The summed E-state index contributed by atoms with van der Waals surface area (Å²) in [4.78, 5) is 9.05. The van der Waals surface area contributed by atoms with Gasteiger partial charge in [0.1, 0.15) is 0 Å². The van der Waals surface area contributed by atoms with E-state index in [1.54, 1.807) is 37.4 Å². The summed E-state index contributed by atoms with van der Waals surface area (Å²) in [7, 11) is 3.15. The van der Waals surface area contributed by atoms with Crippen molar-refractivity contribution in [2.45, 2.75) is 32.0 Å². The van der Waals surface area contributed by atoms with Crippen molar-refractivity contribution in [1.29, 1.82) is 0 Å². The number of aryl methyl sites for hydroxylation is 3. The second-order valence-corrected chi connectivity index (χ2v) is 9.99.